The molecule has 0 amide bonds. The van der Waals surface area contributed by atoms with Gasteiger partial charge in [-0.25, -0.2) is 4.68 Å². The zero-order valence-corrected chi connectivity index (χ0v) is 11.2. The molecule has 1 saturated heterocycles. The predicted octanol–water partition coefficient (Wildman–Crippen LogP) is 2.07. The maximum absolute atomic E-state index is 4.45. The van der Waals surface area contributed by atoms with Crippen LogP contribution >= 0.6 is 0 Å². The van der Waals surface area contributed by atoms with E-state index in [1.54, 1.807) is 6.20 Å². The third-order valence-electron chi connectivity index (χ3n) is 3.98. The van der Waals surface area contributed by atoms with Gasteiger partial charge in [-0.2, -0.15) is 0 Å². The highest BCUT2D eigenvalue weighted by Gasteiger charge is 2.25. The van der Waals surface area contributed by atoms with Gasteiger partial charge in [0.15, 0.2) is 0 Å². The molecule has 1 atom stereocenters. The Hall–Kier alpha value is -1.75. The number of hydrogen-bond donors (Lipinski definition) is 0. The Morgan fingerprint density at radius 2 is 2.05 bits per heavy atom. The van der Waals surface area contributed by atoms with Gasteiger partial charge in [-0.1, -0.05) is 11.3 Å². The lowest BCUT2D eigenvalue weighted by Gasteiger charge is -2.35. The van der Waals surface area contributed by atoms with Crippen LogP contribution in [-0.2, 0) is 0 Å². The summed E-state index contributed by atoms with van der Waals surface area (Å²) in [6.45, 7) is 4.41. The Bertz CT molecular complexity index is 488. The van der Waals surface area contributed by atoms with E-state index in [2.05, 4.69) is 39.3 Å². The summed E-state index contributed by atoms with van der Waals surface area (Å²) in [7, 11) is 0. The van der Waals surface area contributed by atoms with Gasteiger partial charge >= 0.3 is 0 Å². The normalized spacial score (nSPS) is 19.4. The highest BCUT2D eigenvalue weighted by Crippen LogP contribution is 2.27. The van der Waals surface area contributed by atoms with Crippen molar-refractivity contribution in [3.05, 3.63) is 42.5 Å². The number of rotatable bonds is 3. The third-order valence-corrected chi connectivity index (χ3v) is 3.98. The van der Waals surface area contributed by atoms with Crippen LogP contribution in [0.5, 0.6) is 0 Å². The van der Waals surface area contributed by atoms with Crippen LogP contribution in [0.15, 0.2) is 36.8 Å². The molecule has 0 aromatic carbocycles. The van der Waals surface area contributed by atoms with E-state index in [1.165, 1.54) is 0 Å². The summed E-state index contributed by atoms with van der Waals surface area (Å²) in [5.41, 5.74) is 1.15. The molecule has 0 saturated carbocycles. The molecule has 0 bridgehead atoms. The first-order valence-corrected chi connectivity index (χ1v) is 6.85. The minimum atomic E-state index is 0.387. The van der Waals surface area contributed by atoms with Crippen molar-refractivity contribution < 1.29 is 0 Å². The molecular weight excluding hydrogens is 238 g/mol. The number of likely N-dealkylation sites (tertiary alicyclic amines) is 1. The fourth-order valence-corrected chi connectivity index (χ4v) is 2.76. The molecule has 0 N–H and O–H groups in total. The first-order valence-electron chi connectivity index (χ1n) is 6.85. The van der Waals surface area contributed by atoms with Crippen molar-refractivity contribution in [1.82, 2.24) is 24.9 Å². The van der Waals surface area contributed by atoms with Crippen molar-refractivity contribution in [1.29, 1.82) is 0 Å². The van der Waals surface area contributed by atoms with Crippen LogP contribution < -0.4 is 0 Å². The van der Waals surface area contributed by atoms with Crippen LogP contribution in [0.25, 0.3) is 0 Å². The minimum absolute atomic E-state index is 0.387. The second kappa shape index (κ2) is 5.48. The second-order valence-corrected chi connectivity index (χ2v) is 5.08. The van der Waals surface area contributed by atoms with Crippen LogP contribution in [-0.4, -0.2) is 38.0 Å². The maximum Gasteiger partial charge on any atom is 0.0693 e. The van der Waals surface area contributed by atoms with Gasteiger partial charge in [-0.15, -0.1) is 5.10 Å². The van der Waals surface area contributed by atoms with Crippen molar-refractivity contribution >= 4 is 0 Å². The lowest BCUT2D eigenvalue weighted by atomic mass is 10.0. The molecule has 0 radical (unpaired) electrons. The SMILES string of the molecule is CC(c1ccccn1)N1CCC(n2ccnn2)CC1. The molecule has 0 spiro atoms. The molecule has 1 unspecified atom stereocenters. The van der Waals surface area contributed by atoms with Crippen molar-refractivity contribution in [2.75, 3.05) is 13.1 Å². The summed E-state index contributed by atoms with van der Waals surface area (Å²) >= 11 is 0. The average Bonchev–Trinajstić information content (AvgIpc) is 3.02. The van der Waals surface area contributed by atoms with Gasteiger partial charge in [0.2, 0.25) is 0 Å². The number of piperidine rings is 1. The van der Waals surface area contributed by atoms with Crippen LogP contribution in [0.4, 0.5) is 0 Å². The van der Waals surface area contributed by atoms with Crippen LogP contribution in [0.3, 0.4) is 0 Å². The Labute approximate surface area is 113 Å². The minimum Gasteiger partial charge on any atom is -0.295 e. The predicted molar refractivity (Wildman–Crippen MR) is 72.5 cm³/mol. The Kier molecular flexibility index (Phi) is 3.55. The molecule has 0 aliphatic carbocycles. The highest BCUT2D eigenvalue weighted by molar-refractivity contribution is 5.08. The van der Waals surface area contributed by atoms with Crippen LogP contribution in [0, 0.1) is 0 Å². The zero-order chi connectivity index (χ0) is 13.1. The number of pyridine rings is 1. The van der Waals surface area contributed by atoms with E-state index in [9.17, 15) is 0 Å². The van der Waals surface area contributed by atoms with Crippen molar-refractivity contribution in [2.45, 2.75) is 31.8 Å². The van der Waals surface area contributed by atoms with Crippen LogP contribution in [0.2, 0.25) is 0 Å². The molecular formula is C14H19N5. The smallest absolute Gasteiger partial charge is 0.0693 e. The molecule has 5 heteroatoms. The third kappa shape index (κ3) is 2.66. The van der Waals surface area contributed by atoms with E-state index in [1.807, 2.05) is 23.1 Å². The number of aromatic nitrogens is 4. The van der Waals surface area contributed by atoms with E-state index in [-0.39, 0.29) is 0 Å². The molecule has 5 nitrogen and oxygen atoms in total. The maximum atomic E-state index is 4.45. The Morgan fingerprint density at radius 3 is 2.68 bits per heavy atom. The lowest BCUT2D eigenvalue weighted by Crippen LogP contribution is -2.36. The van der Waals surface area contributed by atoms with Crippen molar-refractivity contribution in [2.24, 2.45) is 0 Å². The Balaban J connectivity index is 1.61. The van der Waals surface area contributed by atoms with E-state index in [4.69, 9.17) is 0 Å². The average molecular weight is 257 g/mol. The molecule has 1 aliphatic heterocycles. The number of hydrogen-bond acceptors (Lipinski definition) is 4. The summed E-state index contributed by atoms with van der Waals surface area (Å²) in [6.07, 6.45) is 7.83. The van der Waals surface area contributed by atoms with Crippen LogP contribution in [0.1, 0.15) is 37.5 Å². The monoisotopic (exact) mass is 257 g/mol. The van der Waals surface area contributed by atoms with E-state index >= 15 is 0 Å². The summed E-state index contributed by atoms with van der Waals surface area (Å²) in [6, 6.07) is 7.01. The standard InChI is InChI=1S/C14H19N5/c1-12(14-4-2-3-7-15-14)18-9-5-13(6-10-18)19-11-8-16-17-19/h2-4,7-8,11-13H,5-6,9-10H2,1H3. The van der Waals surface area contributed by atoms with Gasteiger partial charge in [0, 0.05) is 31.5 Å². The summed E-state index contributed by atoms with van der Waals surface area (Å²) in [5.74, 6) is 0. The highest BCUT2D eigenvalue weighted by atomic mass is 15.4. The fraction of sp³-hybridized carbons (Fsp3) is 0.500. The van der Waals surface area contributed by atoms with Gasteiger partial charge in [-0.3, -0.25) is 9.88 Å². The zero-order valence-electron chi connectivity index (χ0n) is 11.2. The van der Waals surface area contributed by atoms with Crippen molar-refractivity contribution in [3.8, 4) is 0 Å². The van der Waals surface area contributed by atoms with E-state index in [0.717, 1.165) is 31.6 Å². The van der Waals surface area contributed by atoms with Gasteiger partial charge in [-0.05, 0) is 31.9 Å². The molecule has 2 aromatic heterocycles. The fourth-order valence-electron chi connectivity index (χ4n) is 2.76. The molecule has 2 aromatic rings. The summed E-state index contributed by atoms with van der Waals surface area (Å²) < 4.78 is 1.99. The first kappa shape index (κ1) is 12.3. The molecule has 19 heavy (non-hydrogen) atoms. The largest absolute Gasteiger partial charge is 0.295 e. The first-order chi connectivity index (χ1) is 9.34. The molecule has 3 rings (SSSR count). The molecule has 1 fully saturated rings. The van der Waals surface area contributed by atoms with Gasteiger partial charge in [0.25, 0.3) is 0 Å². The molecule has 100 valence electrons. The quantitative estimate of drug-likeness (QED) is 0.844. The van der Waals surface area contributed by atoms with Gasteiger partial charge < -0.3 is 0 Å². The van der Waals surface area contributed by atoms with E-state index < -0.39 is 0 Å². The van der Waals surface area contributed by atoms with Crippen molar-refractivity contribution in [3.63, 3.8) is 0 Å². The Morgan fingerprint density at radius 1 is 1.21 bits per heavy atom. The summed E-state index contributed by atoms with van der Waals surface area (Å²) in [5, 5.41) is 7.99. The van der Waals surface area contributed by atoms with Gasteiger partial charge in [0.1, 0.15) is 0 Å². The number of nitrogens with zero attached hydrogens (tertiary/aromatic N) is 5. The van der Waals surface area contributed by atoms with Gasteiger partial charge in [0.05, 0.1) is 17.9 Å². The molecule has 1 aliphatic rings. The topological polar surface area (TPSA) is 46.8 Å². The lowest BCUT2D eigenvalue weighted by molar-refractivity contribution is 0.136. The molecule has 3 heterocycles. The van der Waals surface area contributed by atoms with E-state index in [0.29, 0.717) is 12.1 Å². The second-order valence-electron chi connectivity index (χ2n) is 5.08. The summed E-state index contributed by atoms with van der Waals surface area (Å²) in [4.78, 5) is 6.95.